The first-order valence-electron chi connectivity index (χ1n) is 11.1. The molecule has 28 heavy (non-hydrogen) atoms. The van der Waals surface area contributed by atoms with Gasteiger partial charge in [-0.2, -0.15) is 0 Å². The molecule has 3 rings (SSSR count). The van der Waals surface area contributed by atoms with Gasteiger partial charge in [-0.25, -0.2) is 0 Å². The molecule has 0 aromatic heterocycles. The van der Waals surface area contributed by atoms with Crippen molar-refractivity contribution in [1.29, 1.82) is 0 Å². The number of piperazine rings is 1. The Hall–Kier alpha value is -1.59. The van der Waals surface area contributed by atoms with Crippen LogP contribution in [0.1, 0.15) is 62.2 Å². The fraction of sp³-hybridized carbons (Fsp3) is 0.696. The lowest BCUT2D eigenvalue weighted by atomic mass is 9.79. The maximum absolute atomic E-state index is 13.0. The van der Waals surface area contributed by atoms with Gasteiger partial charge in [0, 0.05) is 38.3 Å². The largest absolute Gasteiger partial charge is 0.493 e. The number of amides is 1. The van der Waals surface area contributed by atoms with E-state index < -0.39 is 0 Å². The number of nitrogens with one attached hydrogen (secondary N) is 1. The van der Waals surface area contributed by atoms with Crippen LogP contribution in [0.4, 0.5) is 0 Å². The number of carbonyl (C=O) groups excluding carboxylic acids is 1. The molecule has 5 heteroatoms. The number of carbonyl (C=O) groups is 1. The average molecular weight is 388 g/mol. The van der Waals surface area contributed by atoms with Gasteiger partial charge < -0.3 is 15.0 Å². The minimum Gasteiger partial charge on any atom is -0.493 e. The Morgan fingerprint density at radius 2 is 1.82 bits per heavy atom. The Morgan fingerprint density at radius 1 is 1.11 bits per heavy atom. The highest BCUT2D eigenvalue weighted by molar-refractivity contribution is 5.96. The van der Waals surface area contributed by atoms with Gasteiger partial charge in [-0.15, -0.1) is 0 Å². The summed E-state index contributed by atoms with van der Waals surface area (Å²) in [4.78, 5) is 18.0. The van der Waals surface area contributed by atoms with Crippen molar-refractivity contribution >= 4 is 5.91 Å². The summed E-state index contributed by atoms with van der Waals surface area (Å²) in [7, 11) is 2.20. The number of ether oxygens (including phenoxy) is 1. The van der Waals surface area contributed by atoms with Gasteiger partial charge in [0.15, 0.2) is 0 Å². The monoisotopic (exact) mass is 387 g/mol. The normalized spacial score (nSPS) is 20.6. The van der Waals surface area contributed by atoms with E-state index in [0.717, 1.165) is 45.6 Å². The molecule has 1 saturated carbocycles. The van der Waals surface area contributed by atoms with E-state index >= 15 is 0 Å². The molecule has 1 N–H and O–H groups in total. The molecule has 1 aliphatic heterocycles. The molecule has 1 aromatic rings. The Balaban J connectivity index is 1.65. The number of hydrogen-bond donors (Lipinski definition) is 1. The summed E-state index contributed by atoms with van der Waals surface area (Å²) in [6.07, 6.45) is 8.30. The lowest BCUT2D eigenvalue weighted by Crippen LogP contribution is -2.61. The molecular weight excluding hydrogens is 350 g/mol. The van der Waals surface area contributed by atoms with Gasteiger partial charge in [0.1, 0.15) is 5.75 Å². The third-order valence-electron chi connectivity index (χ3n) is 6.42. The number of benzene rings is 1. The summed E-state index contributed by atoms with van der Waals surface area (Å²) in [6, 6.07) is 7.63. The van der Waals surface area contributed by atoms with Crippen LogP contribution in [0.15, 0.2) is 24.3 Å². The molecule has 0 spiro atoms. The van der Waals surface area contributed by atoms with Crippen molar-refractivity contribution in [3.63, 3.8) is 0 Å². The summed E-state index contributed by atoms with van der Waals surface area (Å²) in [5.74, 6) is 0.692. The number of nitrogens with zero attached hydrogens (tertiary/aromatic N) is 2. The minimum atomic E-state index is -0.00817. The van der Waals surface area contributed by atoms with Gasteiger partial charge in [-0.1, -0.05) is 44.7 Å². The molecule has 0 unspecified atom stereocenters. The zero-order valence-electron chi connectivity index (χ0n) is 17.7. The van der Waals surface area contributed by atoms with Crippen molar-refractivity contribution in [2.24, 2.45) is 0 Å². The zero-order valence-corrected chi connectivity index (χ0v) is 17.7. The summed E-state index contributed by atoms with van der Waals surface area (Å²) < 4.78 is 5.87. The second-order valence-corrected chi connectivity index (χ2v) is 8.46. The number of rotatable bonds is 8. The molecular formula is C23H37N3O2. The van der Waals surface area contributed by atoms with Crippen LogP contribution in [-0.2, 0) is 0 Å². The number of hydrogen-bond acceptors (Lipinski definition) is 4. The lowest BCUT2D eigenvalue weighted by molar-refractivity contribution is 0.0138. The van der Waals surface area contributed by atoms with Crippen molar-refractivity contribution in [2.45, 2.75) is 57.4 Å². The number of likely N-dealkylation sites (N-methyl/N-ethyl adjacent to an activating group) is 1. The van der Waals surface area contributed by atoms with Gasteiger partial charge in [0.2, 0.25) is 0 Å². The zero-order chi connectivity index (χ0) is 19.8. The first kappa shape index (κ1) is 21.1. The Labute approximate surface area is 170 Å². The van der Waals surface area contributed by atoms with Gasteiger partial charge >= 0.3 is 0 Å². The number of para-hydroxylation sites is 1. The van der Waals surface area contributed by atoms with Crippen LogP contribution in [0, 0.1) is 0 Å². The van der Waals surface area contributed by atoms with Crippen LogP contribution in [0.25, 0.3) is 0 Å². The van der Waals surface area contributed by atoms with E-state index in [-0.39, 0.29) is 11.4 Å². The predicted molar refractivity (Wildman–Crippen MR) is 114 cm³/mol. The highest BCUT2D eigenvalue weighted by Gasteiger charge is 2.39. The standard InChI is InChI=1S/C23H37N3O2/c1-3-4-18-28-21-11-7-6-10-20(21)22(27)24-19-23(12-8-5-9-13-23)26-16-14-25(2)15-17-26/h6-7,10-11H,3-5,8-9,12-19H2,1-2H3,(H,24,27). The van der Waals surface area contributed by atoms with E-state index in [1.807, 2.05) is 24.3 Å². The van der Waals surface area contributed by atoms with Gasteiger partial charge in [0.05, 0.1) is 12.2 Å². The minimum absolute atomic E-state index is 0.00817. The van der Waals surface area contributed by atoms with E-state index in [9.17, 15) is 4.79 Å². The third kappa shape index (κ3) is 5.26. The second kappa shape index (κ2) is 10.3. The maximum atomic E-state index is 13.0. The van der Waals surface area contributed by atoms with Crippen LogP contribution in [0.5, 0.6) is 5.75 Å². The summed E-state index contributed by atoms with van der Waals surface area (Å²) in [6.45, 7) is 7.97. The summed E-state index contributed by atoms with van der Waals surface area (Å²) in [5.41, 5.74) is 0.774. The molecule has 156 valence electrons. The number of unbranched alkanes of at least 4 members (excludes halogenated alkanes) is 1. The fourth-order valence-electron chi connectivity index (χ4n) is 4.54. The van der Waals surface area contributed by atoms with E-state index in [4.69, 9.17) is 4.74 Å². The fourth-order valence-corrected chi connectivity index (χ4v) is 4.54. The third-order valence-corrected chi connectivity index (χ3v) is 6.42. The molecule has 1 aromatic carbocycles. The average Bonchev–Trinajstić information content (AvgIpc) is 2.74. The Morgan fingerprint density at radius 3 is 2.54 bits per heavy atom. The smallest absolute Gasteiger partial charge is 0.255 e. The summed E-state index contributed by atoms with van der Waals surface area (Å²) >= 11 is 0. The van der Waals surface area contributed by atoms with Crippen molar-refractivity contribution in [3.05, 3.63) is 29.8 Å². The van der Waals surface area contributed by atoms with E-state index in [1.165, 1.54) is 32.1 Å². The van der Waals surface area contributed by atoms with E-state index in [0.29, 0.717) is 17.9 Å². The quantitative estimate of drug-likeness (QED) is 0.693. The topological polar surface area (TPSA) is 44.8 Å². The molecule has 2 fully saturated rings. The second-order valence-electron chi connectivity index (χ2n) is 8.46. The summed E-state index contributed by atoms with van der Waals surface area (Å²) in [5, 5.41) is 3.27. The van der Waals surface area contributed by atoms with Crippen LogP contribution in [-0.4, -0.2) is 67.6 Å². The van der Waals surface area contributed by atoms with Crippen molar-refractivity contribution in [3.8, 4) is 5.75 Å². The highest BCUT2D eigenvalue weighted by Crippen LogP contribution is 2.34. The molecule has 0 atom stereocenters. The van der Waals surface area contributed by atoms with Crippen molar-refractivity contribution in [2.75, 3.05) is 46.4 Å². The molecule has 2 aliphatic rings. The van der Waals surface area contributed by atoms with Crippen LogP contribution in [0.3, 0.4) is 0 Å². The first-order valence-corrected chi connectivity index (χ1v) is 11.1. The Bertz CT molecular complexity index is 620. The molecule has 5 nitrogen and oxygen atoms in total. The molecule has 1 aliphatic carbocycles. The van der Waals surface area contributed by atoms with E-state index in [1.54, 1.807) is 0 Å². The lowest BCUT2D eigenvalue weighted by Gasteiger charge is -2.49. The first-order chi connectivity index (χ1) is 13.6. The van der Waals surface area contributed by atoms with Crippen LogP contribution < -0.4 is 10.1 Å². The molecule has 1 saturated heterocycles. The maximum Gasteiger partial charge on any atom is 0.255 e. The van der Waals surface area contributed by atoms with Crippen LogP contribution >= 0.6 is 0 Å². The Kier molecular flexibility index (Phi) is 7.74. The van der Waals surface area contributed by atoms with Crippen molar-refractivity contribution in [1.82, 2.24) is 15.1 Å². The highest BCUT2D eigenvalue weighted by atomic mass is 16.5. The molecule has 0 bridgehead atoms. The van der Waals surface area contributed by atoms with Crippen molar-refractivity contribution < 1.29 is 9.53 Å². The van der Waals surface area contributed by atoms with Gasteiger partial charge in [-0.05, 0) is 38.4 Å². The molecule has 1 heterocycles. The van der Waals surface area contributed by atoms with E-state index in [2.05, 4.69) is 29.1 Å². The van der Waals surface area contributed by atoms with Crippen LogP contribution in [0.2, 0.25) is 0 Å². The SMILES string of the molecule is CCCCOc1ccccc1C(=O)NCC1(N2CCN(C)CC2)CCCCC1. The predicted octanol–water partition coefficient (Wildman–Crippen LogP) is 3.55. The van der Waals surface area contributed by atoms with Gasteiger partial charge in [-0.3, -0.25) is 9.69 Å². The molecule has 1 amide bonds. The van der Waals surface area contributed by atoms with Gasteiger partial charge in [0.25, 0.3) is 5.91 Å². The molecule has 0 radical (unpaired) electrons.